The molecule has 0 saturated carbocycles. The Labute approximate surface area is 139 Å². The molecule has 1 aliphatic heterocycles. The molecule has 0 bridgehead atoms. The van der Waals surface area contributed by atoms with E-state index >= 15 is 0 Å². The van der Waals surface area contributed by atoms with Gasteiger partial charge >= 0.3 is 0 Å². The Hall–Kier alpha value is -2.08. The summed E-state index contributed by atoms with van der Waals surface area (Å²) in [5.41, 5.74) is 0.484. The second kappa shape index (κ2) is 7.00. The number of carbonyl (C=O) groups is 1. The normalized spacial score (nSPS) is 21.9. The maximum atomic E-state index is 12.9. The fraction of sp³-hybridized carbons (Fsp3) is 0.500. The molecule has 0 spiro atoms. The molecule has 0 radical (unpaired) electrons. The van der Waals surface area contributed by atoms with Gasteiger partial charge in [-0.25, -0.2) is 0 Å². The van der Waals surface area contributed by atoms with Crippen molar-refractivity contribution in [3.8, 4) is 6.07 Å². The Morgan fingerprint density at radius 1 is 1.35 bits per heavy atom. The van der Waals surface area contributed by atoms with Crippen LogP contribution in [0.1, 0.15) is 57.9 Å². The second-order valence-electron chi connectivity index (χ2n) is 6.67. The zero-order valence-electron chi connectivity index (χ0n) is 14.2. The summed E-state index contributed by atoms with van der Waals surface area (Å²) in [7, 11) is 0. The van der Waals surface area contributed by atoms with Gasteiger partial charge in [-0.15, -0.1) is 6.58 Å². The third-order valence-electron chi connectivity index (χ3n) is 5.34. The number of nitrogens with one attached hydrogen (secondary N) is 1. The maximum absolute atomic E-state index is 12.9. The molecule has 0 saturated heterocycles. The molecule has 23 heavy (non-hydrogen) atoms. The smallest absolute Gasteiger partial charge is 0.237 e. The number of nitriles is 1. The lowest BCUT2D eigenvalue weighted by atomic mass is 9.58. The number of unbranched alkanes of at least 4 members (excludes halogenated alkanes) is 3. The number of fused-ring (bicyclic) bond motifs is 1. The number of hydrogen-bond donors (Lipinski definition) is 1. The first kappa shape index (κ1) is 17.3. The monoisotopic (exact) mass is 310 g/mol. The predicted molar refractivity (Wildman–Crippen MR) is 94.0 cm³/mol. The molecule has 1 aromatic rings. The molecule has 3 heteroatoms. The molecule has 0 unspecified atom stereocenters. The highest BCUT2D eigenvalue weighted by atomic mass is 16.2. The van der Waals surface area contributed by atoms with Crippen LogP contribution in [0.2, 0.25) is 0 Å². The molecule has 2 atom stereocenters. The summed E-state index contributed by atoms with van der Waals surface area (Å²) >= 11 is 0. The van der Waals surface area contributed by atoms with Crippen LogP contribution in [0.3, 0.4) is 0 Å². The van der Waals surface area contributed by atoms with Crippen molar-refractivity contribution in [3.63, 3.8) is 0 Å². The third-order valence-corrected chi connectivity index (χ3v) is 5.34. The van der Waals surface area contributed by atoms with Crippen LogP contribution >= 0.6 is 0 Å². The van der Waals surface area contributed by atoms with Crippen molar-refractivity contribution in [2.45, 2.75) is 57.8 Å². The van der Waals surface area contributed by atoms with E-state index in [0.29, 0.717) is 0 Å². The van der Waals surface area contributed by atoms with E-state index in [1.165, 1.54) is 12.8 Å². The number of rotatable bonds is 8. The van der Waals surface area contributed by atoms with E-state index in [1.807, 2.05) is 30.3 Å². The Balaban J connectivity index is 2.45. The van der Waals surface area contributed by atoms with E-state index in [0.717, 1.165) is 30.5 Å². The molecule has 1 heterocycles. The summed E-state index contributed by atoms with van der Waals surface area (Å²) < 4.78 is 0. The van der Waals surface area contributed by atoms with Crippen LogP contribution in [0, 0.1) is 16.7 Å². The molecule has 0 aromatic heterocycles. The van der Waals surface area contributed by atoms with Crippen LogP contribution in [-0.4, -0.2) is 5.91 Å². The summed E-state index contributed by atoms with van der Waals surface area (Å²) in [6.45, 7) is 8.28. The number of amides is 1. The Morgan fingerprint density at radius 2 is 2.09 bits per heavy atom. The SMILES string of the molecule is C=C[C@@](C)(CCCCCC)[C@@]1(CC#N)C(=O)Nc2ccccc21. The van der Waals surface area contributed by atoms with E-state index in [-0.39, 0.29) is 12.3 Å². The van der Waals surface area contributed by atoms with Gasteiger partial charge in [0.1, 0.15) is 0 Å². The lowest BCUT2D eigenvalue weighted by molar-refractivity contribution is -0.124. The maximum Gasteiger partial charge on any atom is 0.237 e. The molecule has 122 valence electrons. The first-order chi connectivity index (χ1) is 11.1. The number of nitrogens with zero attached hydrogens (tertiary/aromatic N) is 1. The average molecular weight is 310 g/mol. The lowest BCUT2D eigenvalue weighted by Gasteiger charge is -2.42. The van der Waals surface area contributed by atoms with E-state index in [1.54, 1.807) is 0 Å². The molecule has 0 fully saturated rings. The van der Waals surface area contributed by atoms with Crippen molar-refractivity contribution in [2.75, 3.05) is 5.32 Å². The van der Waals surface area contributed by atoms with Gasteiger partial charge in [0.25, 0.3) is 0 Å². The molecule has 2 rings (SSSR count). The molecule has 1 aliphatic rings. The second-order valence-corrected chi connectivity index (χ2v) is 6.67. The van der Waals surface area contributed by atoms with Crippen molar-refractivity contribution < 1.29 is 4.79 Å². The number of anilines is 1. The number of allylic oxidation sites excluding steroid dienone is 1. The summed E-state index contributed by atoms with van der Waals surface area (Å²) in [6, 6.07) is 9.98. The van der Waals surface area contributed by atoms with Crippen LogP contribution in [0.15, 0.2) is 36.9 Å². The molecule has 1 amide bonds. The molecule has 1 N–H and O–H groups in total. The van der Waals surface area contributed by atoms with Gasteiger partial charge < -0.3 is 5.32 Å². The minimum absolute atomic E-state index is 0.0712. The van der Waals surface area contributed by atoms with Crippen LogP contribution in [0.4, 0.5) is 5.69 Å². The first-order valence-electron chi connectivity index (χ1n) is 8.47. The lowest BCUT2D eigenvalue weighted by Crippen LogP contribution is -2.48. The minimum Gasteiger partial charge on any atom is -0.325 e. The topological polar surface area (TPSA) is 52.9 Å². The van der Waals surface area contributed by atoms with E-state index < -0.39 is 10.8 Å². The Bertz CT molecular complexity index is 631. The zero-order chi connectivity index (χ0) is 16.9. The third kappa shape index (κ3) is 2.79. The van der Waals surface area contributed by atoms with Crippen molar-refractivity contribution in [1.29, 1.82) is 5.26 Å². The highest BCUT2D eigenvalue weighted by Gasteiger charge is 2.56. The van der Waals surface area contributed by atoms with Gasteiger partial charge in [-0.1, -0.05) is 63.8 Å². The molecular weight excluding hydrogens is 284 g/mol. The van der Waals surface area contributed by atoms with Gasteiger partial charge in [0, 0.05) is 11.1 Å². The number of carbonyl (C=O) groups excluding carboxylic acids is 1. The molecule has 1 aromatic carbocycles. The van der Waals surface area contributed by atoms with Crippen molar-refractivity contribution in [2.24, 2.45) is 5.41 Å². The van der Waals surface area contributed by atoms with E-state index in [2.05, 4.69) is 31.8 Å². The van der Waals surface area contributed by atoms with Crippen LogP contribution < -0.4 is 5.32 Å². The Kier molecular flexibility index (Phi) is 5.26. The van der Waals surface area contributed by atoms with Crippen LogP contribution in [0.25, 0.3) is 0 Å². The van der Waals surface area contributed by atoms with Crippen LogP contribution in [-0.2, 0) is 10.2 Å². The summed E-state index contributed by atoms with van der Waals surface area (Å²) in [5.74, 6) is -0.0712. The number of hydrogen-bond acceptors (Lipinski definition) is 2. The molecule has 0 aliphatic carbocycles. The highest BCUT2D eigenvalue weighted by molar-refractivity contribution is 6.07. The van der Waals surface area contributed by atoms with Crippen LogP contribution in [0.5, 0.6) is 0 Å². The molecular formula is C20H26N2O. The van der Waals surface area contributed by atoms with Gasteiger partial charge in [-0.05, 0) is 18.1 Å². The highest BCUT2D eigenvalue weighted by Crippen LogP contribution is 2.54. The van der Waals surface area contributed by atoms with Gasteiger partial charge in [0.05, 0.1) is 17.9 Å². The first-order valence-corrected chi connectivity index (χ1v) is 8.47. The van der Waals surface area contributed by atoms with Gasteiger partial charge in [-0.3, -0.25) is 4.79 Å². The predicted octanol–water partition coefficient (Wildman–Crippen LogP) is 4.95. The summed E-state index contributed by atoms with van der Waals surface area (Å²) in [4.78, 5) is 12.9. The van der Waals surface area contributed by atoms with Crippen molar-refractivity contribution >= 4 is 11.6 Å². The van der Waals surface area contributed by atoms with Gasteiger partial charge in [0.15, 0.2) is 0 Å². The largest absolute Gasteiger partial charge is 0.325 e. The fourth-order valence-corrected chi connectivity index (χ4v) is 3.79. The molecule has 3 nitrogen and oxygen atoms in total. The van der Waals surface area contributed by atoms with Gasteiger partial charge in [0.2, 0.25) is 5.91 Å². The minimum atomic E-state index is -0.841. The summed E-state index contributed by atoms with van der Waals surface area (Å²) in [6.07, 6.45) is 7.48. The standard InChI is InChI=1S/C20H26N2O/c1-4-6-7-10-13-19(3,5-2)20(14-15-21)16-11-8-9-12-17(16)22-18(20)23/h5,8-9,11-12H,2,4,6-7,10,13-14H2,1,3H3,(H,22,23)/t19-,20+/m0/s1. The quantitative estimate of drug-likeness (QED) is 0.545. The number of benzene rings is 1. The zero-order valence-corrected chi connectivity index (χ0v) is 14.2. The van der Waals surface area contributed by atoms with Crippen molar-refractivity contribution in [3.05, 3.63) is 42.5 Å². The van der Waals surface area contributed by atoms with E-state index in [4.69, 9.17) is 0 Å². The van der Waals surface area contributed by atoms with Crippen molar-refractivity contribution in [1.82, 2.24) is 0 Å². The Morgan fingerprint density at radius 3 is 2.74 bits per heavy atom. The number of para-hydroxylation sites is 1. The summed E-state index contributed by atoms with van der Waals surface area (Å²) in [5, 5.41) is 12.4. The van der Waals surface area contributed by atoms with Gasteiger partial charge in [-0.2, -0.15) is 5.26 Å². The fourth-order valence-electron chi connectivity index (χ4n) is 3.79. The average Bonchev–Trinajstić information content (AvgIpc) is 2.85. The van der Waals surface area contributed by atoms with E-state index in [9.17, 15) is 10.1 Å².